The summed E-state index contributed by atoms with van der Waals surface area (Å²) in [6.45, 7) is 0.941. The number of ether oxygens (including phenoxy) is 2. The van der Waals surface area contributed by atoms with Crippen molar-refractivity contribution >= 4 is 10.0 Å². The fourth-order valence-corrected chi connectivity index (χ4v) is 4.09. The Kier molecular flexibility index (Phi) is 6.33. The number of aryl methyl sites for hydroxylation is 1. The van der Waals surface area contributed by atoms with Gasteiger partial charge in [0, 0.05) is 37.1 Å². The van der Waals surface area contributed by atoms with Crippen molar-refractivity contribution in [3.63, 3.8) is 0 Å². The third kappa shape index (κ3) is 4.52. The first-order valence-corrected chi connectivity index (χ1v) is 10.3. The number of sulfonamides is 1. The highest BCUT2D eigenvalue weighted by molar-refractivity contribution is 7.89. The quantitative estimate of drug-likeness (QED) is 0.558. The summed E-state index contributed by atoms with van der Waals surface area (Å²) in [4.78, 5) is 4.48. The monoisotopic (exact) mass is 401 g/mol. The van der Waals surface area contributed by atoms with E-state index >= 15 is 0 Å². The standard InChI is InChI=1S/C20H23N3O4S/c1-26-17-9-10-19(18(15-17)27-2)28(24,25)22-11-6-13-23-14-12-21-20(23)16-7-4-3-5-8-16/h3-5,7-10,12,14-15,22H,6,11,13H2,1-2H3. The topological polar surface area (TPSA) is 82.5 Å². The summed E-state index contributed by atoms with van der Waals surface area (Å²) >= 11 is 0. The first-order chi connectivity index (χ1) is 13.5. The van der Waals surface area contributed by atoms with Crippen LogP contribution in [0, 0.1) is 0 Å². The molecule has 1 N–H and O–H groups in total. The van der Waals surface area contributed by atoms with Gasteiger partial charge in [-0.15, -0.1) is 0 Å². The molecule has 0 spiro atoms. The molecule has 0 saturated heterocycles. The smallest absolute Gasteiger partial charge is 0.244 e. The molecule has 0 aliphatic rings. The summed E-state index contributed by atoms with van der Waals surface area (Å²) in [6.07, 6.45) is 4.26. The second-order valence-corrected chi connectivity index (χ2v) is 7.81. The highest BCUT2D eigenvalue weighted by Gasteiger charge is 2.19. The van der Waals surface area contributed by atoms with Gasteiger partial charge in [0.25, 0.3) is 0 Å². The normalized spacial score (nSPS) is 11.4. The van der Waals surface area contributed by atoms with E-state index in [9.17, 15) is 8.42 Å². The minimum atomic E-state index is -3.69. The molecule has 3 aromatic rings. The lowest BCUT2D eigenvalue weighted by Crippen LogP contribution is -2.26. The molecule has 2 aromatic carbocycles. The number of hydrogen-bond acceptors (Lipinski definition) is 5. The minimum absolute atomic E-state index is 0.0865. The van der Waals surface area contributed by atoms with E-state index in [1.54, 1.807) is 18.3 Å². The second kappa shape index (κ2) is 8.90. The molecule has 0 aliphatic heterocycles. The molecule has 8 heteroatoms. The van der Waals surface area contributed by atoms with Crippen molar-refractivity contribution in [3.8, 4) is 22.9 Å². The molecule has 0 aliphatic carbocycles. The highest BCUT2D eigenvalue weighted by atomic mass is 32.2. The molecule has 0 amide bonds. The van der Waals surface area contributed by atoms with Crippen LogP contribution in [-0.4, -0.2) is 38.7 Å². The molecule has 1 heterocycles. The molecule has 0 fully saturated rings. The van der Waals surface area contributed by atoms with E-state index in [1.807, 2.05) is 41.1 Å². The Hall–Kier alpha value is -2.84. The van der Waals surface area contributed by atoms with Crippen LogP contribution in [0.3, 0.4) is 0 Å². The number of aromatic nitrogens is 2. The number of nitrogens with one attached hydrogen (secondary N) is 1. The maximum absolute atomic E-state index is 12.6. The zero-order valence-electron chi connectivity index (χ0n) is 15.8. The molecule has 0 bridgehead atoms. The van der Waals surface area contributed by atoms with E-state index < -0.39 is 10.0 Å². The molecule has 3 rings (SSSR count). The largest absolute Gasteiger partial charge is 0.497 e. The molecule has 28 heavy (non-hydrogen) atoms. The molecule has 7 nitrogen and oxygen atoms in total. The van der Waals surface area contributed by atoms with Crippen molar-refractivity contribution in [1.29, 1.82) is 0 Å². The van der Waals surface area contributed by atoms with Gasteiger partial charge < -0.3 is 14.0 Å². The fourth-order valence-electron chi connectivity index (χ4n) is 2.87. The number of rotatable bonds is 9. The summed E-state index contributed by atoms with van der Waals surface area (Å²) in [5, 5.41) is 0. The Morgan fingerprint density at radius 2 is 1.86 bits per heavy atom. The summed E-state index contributed by atoms with van der Waals surface area (Å²) in [7, 11) is -0.743. The van der Waals surface area contributed by atoms with E-state index in [0.717, 1.165) is 11.4 Å². The van der Waals surface area contributed by atoms with Crippen molar-refractivity contribution in [3.05, 3.63) is 60.9 Å². The molecule has 1 aromatic heterocycles. The Bertz CT molecular complexity index is 1020. The maximum atomic E-state index is 12.6. The lowest BCUT2D eigenvalue weighted by atomic mass is 10.2. The predicted molar refractivity (Wildman–Crippen MR) is 107 cm³/mol. The van der Waals surface area contributed by atoms with Gasteiger partial charge >= 0.3 is 0 Å². The van der Waals surface area contributed by atoms with Crippen molar-refractivity contribution < 1.29 is 17.9 Å². The zero-order valence-corrected chi connectivity index (χ0v) is 16.6. The summed E-state index contributed by atoms with van der Waals surface area (Å²) in [5.41, 5.74) is 1.02. The van der Waals surface area contributed by atoms with Crippen LogP contribution in [0.25, 0.3) is 11.4 Å². The summed E-state index contributed by atoms with van der Waals surface area (Å²) in [6, 6.07) is 14.5. The van der Waals surface area contributed by atoms with Gasteiger partial charge in [-0.25, -0.2) is 18.1 Å². The number of methoxy groups -OCH3 is 2. The Morgan fingerprint density at radius 1 is 1.07 bits per heavy atom. The predicted octanol–water partition coefficient (Wildman–Crippen LogP) is 2.94. The van der Waals surface area contributed by atoms with Crippen LogP contribution in [0.15, 0.2) is 65.8 Å². The highest BCUT2D eigenvalue weighted by Crippen LogP contribution is 2.28. The lowest BCUT2D eigenvalue weighted by molar-refractivity contribution is 0.386. The summed E-state index contributed by atoms with van der Waals surface area (Å²) in [5.74, 6) is 1.64. The van der Waals surface area contributed by atoms with Crippen LogP contribution >= 0.6 is 0 Å². The van der Waals surface area contributed by atoms with Gasteiger partial charge in [-0.1, -0.05) is 30.3 Å². The maximum Gasteiger partial charge on any atom is 0.244 e. The van der Waals surface area contributed by atoms with E-state index in [4.69, 9.17) is 9.47 Å². The van der Waals surface area contributed by atoms with Gasteiger partial charge in [0.2, 0.25) is 10.0 Å². The fraction of sp³-hybridized carbons (Fsp3) is 0.250. The number of hydrogen-bond donors (Lipinski definition) is 1. The van der Waals surface area contributed by atoms with Crippen LogP contribution < -0.4 is 14.2 Å². The molecular formula is C20H23N3O4S. The third-order valence-electron chi connectivity index (χ3n) is 4.28. The molecular weight excluding hydrogens is 378 g/mol. The third-order valence-corrected chi connectivity index (χ3v) is 5.78. The molecule has 0 unspecified atom stereocenters. The van der Waals surface area contributed by atoms with E-state index in [1.165, 1.54) is 20.3 Å². The van der Waals surface area contributed by atoms with Crippen molar-refractivity contribution in [2.75, 3.05) is 20.8 Å². The Labute approximate surface area is 165 Å². The van der Waals surface area contributed by atoms with E-state index in [2.05, 4.69) is 9.71 Å². The van der Waals surface area contributed by atoms with Crippen molar-refractivity contribution in [1.82, 2.24) is 14.3 Å². The van der Waals surface area contributed by atoms with Crippen LogP contribution in [-0.2, 0) is 16.6 Å². The average molecular weight is 401 g/mol. The first-order valence-electron chi connectivity index (χ1n) is 8.83. The van der Waals surface area contributed by atoms with Crippen LogP contribution in [0.1, 0.15) is 6.42 Å². The second-order valence-electron chi connectivity index (χ2n) is 6.08. The number of nitrogens with zero attached hydrogens (tertiary/aromatic N) is 2. The minimum Gasteiger partial charge on any atom is -0.497 e. The molecule has 0 atom stereocenters. The van der Waals surface area contributed by atoms with E-state index in [-0.39, 0.29) is 10.6 Å². The molecule has 0 saturated carbocycles. The first kappa shape index (κ1) is 19.9. The van der Waals surface area contributed by atoms with Crippen LogP contribution in [0.4, 0.5) is 0 Å². The SMILES string of the molecule is COc1ccc(S(=O)(=O)NCCCn2ccnc2-c2ccccc2)c(OC)c1. The van der Waals surface area contributed by atoms with E-state index in [0.29, 0.717) is 25.3 Å². The van der Waals surface area contributed by atoms with Gasteiger partial charge in [0.05, 0.1) is 14.2 Å². The lowest BCUT2D eigenvalue weighted by Gasteiger charge is -2.12. The summed E-state index contributed by atoms with van der Waals surface area (Å²) < 4.78 is 40.2. The van der Waals surface area contributed by atoms with Gasteiger partial charge in [-0.3, -0.25) is 0 Å². The van der Waals surface area contributed by atoms with Crippen molar-refractivity contribution in [2.24, 2.45) is 0 Å². The zero-order chi connectivity index (χ0) is 20.0. The Morgan fingerprint density at radius 3 is 2.57 bits per heavy atom. The van der Waals surface area contributed by atoms with Gasteiger partial charge in [-0.2, -0.15) is 0 Å². The van der Waals surface area contributed by atoms with Crippen LogP contribution in [0.5, 0.6) is 11.5 Å². The van der Waals surface area contributed by atoms with Gasteiger partial charge in [0.1, 0.15) is 22.2 Å². The number of imidazole rings is 1. The van der Waals surface area contributed by atoms with Gasteiger partial charge in [0.15, 0.2) is 0 Å². The average Bonchev–Trinajstić information content (AvgIpc) is 3.20. The van der Waals surface area contributed by atoms with Gasteiger partial charge in [-0.05, 0) is 18.6 Å². The van der Waals surface area contributed by atoms with Crippen molar-refractivity contribution in [2.45, 2.75) is 17.9 Å². The van der Waals surface area contributed by atoms with Crippen LogP contribution in [0.2, 0.25) is 0 Å². The Balaban J connectivity index is 1.62. The number of benzene rings is 2. The molecule has 148 valence electrons. The molecule has 0 radical (unpaired) electrons.